The van der Waals surface area contributed by atoms with Crippen molar-refractivity contribution in [1.82, 2.24) is 0 Å². The van der Waals surface area contributed by atoms with Crippen LogP contribution in [0.5, 0.6) is 0 Å². The van der Waals surface area contributed by atoms with Gasteiger partial charge in [-0.25, -0.2) is 9.18 Å². The maximum Gasteiger partial charge on any atom is 0.337 e. The second kappa shape index (κ2) is 9.14. The molecule has 0 saturated heterocycles. The van der Waals surface area contributed by atoms with E-state index in [1.54, 1.807) is 6.07 Å². The lowest BCUT2D eigenvalue weighted by molar-refractivity contribution is -0.117. The van der Waals surface area contributed by atoms with Crippen molar-refractivity contribution in [3.8, 4) is 0 Å². The molecule has 0 bridgehead atoms. The van der Waals surface area contributed by atoms with Crippen LogP contribution in [0.15, 0.2) is 42.5 Å². The number of benzene rings is 2. The van der Waals surface area contributed by atoms with Crippen LogP contribution in [0, 0.1) is 5.82 Å². The highest BCUT2D eigenvalue weighted by atomic mass is 35.5. The first-order valence-corrected chi connectivity index (χ1v) is 8.41. The zero-order chi connectivity index (χ0) is 20.0. The Bertz CT molecular complexity index is 873. The fourth-order valence-corrected chi connectivity index (χ4v) is 2.57. The number of nitrogens with one attached hydrogen (secondary N) is 1. The molecule has 0 spiro atoms. The molecule has 2 aromatic carbocycles. The Balaban J connectivity index is 2.06. The Labute approximate surface area is 160 Å². The van der Waals surface area contributed by atoms with Gasteiger partial charge in [0.1, 0.15) is 5.82 Å². The molecule has 2 rings (SSSR count). The van der Waals surface area contributed by atoms with Gasteiger partial charge in [0, 0.05) is 25.6 Å². The van der Waals surface area contributed by atoms with E-state index in [-0.39, 0.29) is 35.1 Å². The molecule has 0 unspecified atom stereocenters. The predicted molar refractivity (Wildman–Crippen MR) is 100 cm³/mol. The van der Waals surface area contributed by atoms with E-state index in [0.717, 1.165) is 0 Å². The van der Waals surface area contributed by atoms with Crippen molar-refractivity contribution in [2.75, 3.05) is 23.9 Å². The summed E-state index contributed by atoms with van der Waals surface area (Å²) in [6.45, 7) is 1.39. The summed E-state index contributed by atoms with van der Waals surface area (Å²) >= 11 is 6.04. The van der Waals surface area contributed by atoms with E-state index in [4.69, 9.17) is 11.6 Å². The van der Waals surface area contributed by atoms with Gasteiger partial charge in [-0.3, -0.25) is 9.59 Å². The van der Waals surface area contributed by atoms with Crippen LogP contribution in [0.1, 0.15) is 23.7 Å². The zero-order valence-corrected chi connectivity index (χ0v) is 15.5. The molecule has 8 heteroatoms. The summed E-state index contributed by atoms with van der Waals surface area (Å²) in [4.78, 5) is 37.0. The van der Waals surface area contributed by atoms with Crippen LogP contribution in [0.2, 0.25) is 5.02 Å². The SMILES string of the molecule is COC(=O)c1ccc(Cl)c(NC(=O)CCN(C(C)=O)c2cccc(F)c2)c1. The largest absolute Gasteiger partial charge is 0.465 e. The number of ether oxygens (including phenoxy) is 1. The van der Waals surface area contributed by atoms with Crippen molar-refractivity contribution < 1.29 is 23.5 Å². The zero-order valence-electron chi connectivity index (χ0n) is 14.8. The minimum atomic E-state index is -0.559. The standard InChI is InChI=1S/C19H18ClFN2O4/c1-12(24)23(15-5-3-4-14(21)11-15)9-8-18(25)22-17-10-13(19(26)27-2)6-7-16(17)20/h3-7,10-11H,8-9H2,1-2H3,(H,22,25). The Morgan fingerprint density at radius 3 is 2.56 bits per heavy atom. The van der Waals surface area contributed by atoms with Gasteiger partial charge in [0.15, 0.2) is 0 Å². The molecule has 2 aromatic rings. The molecule has 0 fully saturated rings. The molecule has 2 amide bonds. The Hall–Kier alpha value is -2.93. The fraction of sp³-hybridized carbons (Fsp3) is 0.211. The van der Waals surface area contributed by atoms with Crippen molar-refractivity contribution in [3.63, 3.8) is 0 Å². The number of carbonyl (C=O) groups is 3. The van der Waals surface area contributed by atoms with Gasteiger partial charge in [0.25, 0.3) is 0 Å². The lowest BCUT2D eigenvalue weighted by atomic mass is 10.2. The Morgan fingerprint density at radius 1 is 1.19 bits per heavy atom. The molecule has 0 aliphatic rings. The van der Waals surface area contributed by atoms with Gasteiger partial charge in [0.05, 0.1) is 23.4 Å². The molecular weight excluding hydrogens is 375 g/mol. The predicted octanol–water partition coefficient (Wildman–Crippen LogP) is 3.65. The van der Waals surface area contributed by atoms with Crippen LogP contribution in [-0.4, -0.2) is 31.4 Å². The number of carbonyl (C=O) groups excluding carboxylic acids is 3. The maximum atomic E-state index is 13.4. The van der Waals surface area contributed by atoms with Crippen LogP contribution < -0.4 is 10.2 Å². The van der Waals surface area contributed by atoms with Crippen LogP contribution in [-0.2, 0) is 14.3 Å². The Morgan fingerprint density at radius 2 is 1.93 bits per heavy atom. The molecule has 0 aliphatic carbocycles. The van der Waals surface area contributed by atoms with E-state index in [9.17, 15) is 18.8 Å². The summed E-state index contributed by atoms with van der Waals surface area (Å²) < 4.78 is 18.0. The van der Waals surface area contributed by atoms with E-state index in [1.807, 2.05) is 0 Å². The number of hydrogen-bond acceptors (Lipinski definition) is 4. The molecular formula is C19H18ClFN2O4. The Kier molecular flexibility index (Phi) is 6.90. The van der Waals surface area contributed by atoms with Crippen LogP contribution in [0.4, 0.5) is 15.8 Å². The number of halogens is 2. The molecule has 0 heterocycles. The van der Waals surface area contributed by atoms with Crippen molar-refractivity contribution in [2.45, 2.75) is 13.3 Å². The molecule has 142 valence electrons. The molecule has 0 aromatic heterocycles. The van der Waals surface area contributed by atoms with Crippen LogP contribution >= 0.6 is 11.6 Å². The fourth-order valence-electron chi connectivity index (χ4n) is 2.40. The molecule has 0 saturated carbocycles. The van der Waals surface area contributed by atoms with Gasteiger partial charge in [-0.05, 0) is 36.4 Å². The highest BCUT2D eigenvalue weighted by molar-refractivity contribution is 6.33. The average molecular weight is 393 g/mol. The van der Waals surface area contributed by atoms with Crippen LogP contribution in [0.25, 0.3) is 0 Å². The molecule has 1 N–H and O–H groups in total. The first-order valence-electron chi connectivity index (χ1n) is 8.03. The van der Waals surface area contributed by atoms with E-state index >= 15 is 0 Å². The summed E-state index contributed by atoms with van der Waals surface area (Å²) in [6.07, 6.45) is -0.0468. The third-order valence-corrected chi connectivity index (χ3v) is 4.05. The summed E-state index contributed by atoms with van der Waals surface area (Å²) in [5.41, 5.74) is 0.855. The number of hydrogen-bond donors (Lipinski definition) is 1. The molecule has 0 atom stereocenters. The lowest BCUT2D eigenvalue weighted by Crippen LogP contribution is -2.32. The number of anilines is 2. The monoisotopic (exact) mass is 392 g/mol. The quantitative estimate of drug-likeness (QED) is 0.761. The van der Waals surface area contributed by atoms with Gasteiger partial charge in [-0.2, -0.15) is 0 Å². The van der Waals surface area contributed by atoms with Crippen molar-refractivity contribution >= 4 is 40.8 Å². The number of amides is 2. The second-order valence-electron chi connectivity index (χ2n) is 5.63. The molecule has 0 aliphatic heterocycles. The normalized spacial score (nSPS) is 10.2. The third kappa shape index (κ3) is 5.52. The first-order chi connectivity index (χ1) is 12.8. The first kappa shape index (κ1) is 20.4. The number of rotatable bonds is 6. The van der Waals surface area contributed by atoms with Crippen molar-refractivity contribution in [1.29, 1.82) is 0 Å². The molecule has 0 radical (unpaired) electrons. The van der Waals surface area contributed by atoms with E-state index in [0.29, 0.717) is 5.69 Å². The van der Waals surface area contributed by atoms with Crippen LogP contribution in [0.3, 0.4) is 0 Å². The second-order valence-corrected chi connectivity index (χ2v) is 6.04. The summed E-state index contributed by atoms with van der Waals surface area (Å²) in [5.74, 6) is -1.77. The number of nitrogens with zero attached hydrogens (tertiary/aromatic N) is 1. The van der Waals surface area contributed by atoms with Gasteiger partial charge < -0.3 is 15.0 Å². The summed E-state index contributed by atoms with van der Waals surface area (Å²) in [7, 11) is 1.25. The van der Waals surface area contributed by atoms with E-state index in [2.05, 4.69) is 10.1 Å². The van der Waals surface area contributed by atoms with Gasteiger partial charge >= 0.3 is 5.97 Å². The highest BCUT2D eigenvalue weighted by Gasteiger charge is 2.16. The van der Waals surface area contributed by atoms with Gasteiger partial charge in [-0.1, -0.05) is 17.7 Å². The van der Waals surface area contributed by atoms with Gasteiger partial charge in [0.2, 0.25) is 11.8 Å². The molecule has 27 heavy (non-hydrogen) atoms. The smallest absolute Gasteiger partial charge is 0.337 e. The van der Waals surface area contributed by atoms with Crippen molar-refractivity contribution in [3.05, 3.63) is 58.9 Å². The van der Waals surface area contributed by atoms with Gasteiger partial charge in [-0.15, -0.1) is 0 Å². The minimum Gasteiger partial charge on any atom is -0.465 e. The minimum absolute atomic E-state index is 0.0468. The highest BCUT2D eigenvalue weighted by Crippen LogP contribution is 2.24. The van der Waals surface area contributed by atoms with Crippen molar-refractivity contribution in [2.24, 2.45) is 0 Å². The average Bonchev–Trinajstić information content (AvgIpc) is 2.63. The number of esters is 1. The third-order valence-electron chi connectivity index (χ3n) is 3.72. The molecule has 6 nitrogen and oxygen atoms in total. The lowest BCUT2D eigenvalue weighted by Gasteiger charge is -2.21. The topological polar surface area (TPSA) is 75.7 Å². The summed E-state index contributed by atoms with van der Waals surface area (Å²) in [5, 5.41) is 2.85. The summed E-state index contributed by atoms with van der Waals surface area (Å²) in [6, 6.07) is 9.91. The number of methoxy groups -OCH3 is 1. The van der Waals surface area contributed by atoms with E-state index in [1.165, 1.54) is 55.3 Å². The maximum absolute atomic E-state index is 13.4. The van der Waals surface area contributed by atoms with E-state index < -0.39 is 17.7 Å².